The van der Waals surface area contributed by atoms with Crippen molar-refractivity contribution in [2.75, 3.05) is 6.61 Å². The molecule has 0 aliphatic carbocycles. The molecule has 3 rings (SSSR count). The van der Waals surface area contributed by atoms with Gasteiger partial charge in [0.05, 0.1) is 11.5 Å². The van der Waals surface area contributed by atoms with E-state index in [4.69, 9.17) is 4.74 Å². The molecule has 5 heteroatoms. The predicted molar refractivity (Wildman–Crippen MR) is 84.4 cm³/mol. The van der Waals surface area contributed by atoms with Crippen LogP contribution in [0.4, 0.5) is 0 Å². The predicted octanol–water partition coefficient (Wildman–Crippen LogP) is 4.13. The van der Waals surface area contributed by atoms with Crippen molar-refractivity contribution >= 4 is 49.9 Å². The molecule has 0 amide bonds. The van der Waals surface area contributed by atoms with E-state index in [0.717, 1.165) is 30.7 Å². The van der Waals surface area contributed by atoms with E-state index >= 15 is 0 Å². The van der Waals surface area contributed by atoms with E-state index in [2.05, 4.69) is 44.6 Å². The topological polar surface area (TPSA) is 29.5 Å². The van der Waals surface area contributed by atoms with Crippen molar-refractivity contribution in [1.29, 1.82) is 0 Å². The first kappa shape index (κ1) is 12.9. The fraction of sp³-hybridized carbons (Fsp3) is 0.231. The van der Waals surface area contributed by atoms with Crippen molar-refractivity contribution in [2.24, 2.45) is 0 Å². The monoisotopic (exact) mass is 436 g/mol. The third-order valence-electron chi connectivity index (χ3n) is 2.96. The first-order valence-electron chi connectivity index (χ1n) is 5.53. The summed E-state index contributed by atoms with van der Waals surface area (Å²) in [6, 6.07) is 6.09. The molecule has 1 aliphatic heterocycles. The summed E-state index contributed by atoms with van der Waals surface area (Å²) in [6.07, 6.45) is 0.304. The molecule has 0 radical (unpaired) electrons. The summed E-state index contributed by atoms with van der Waals surface area (Å²) in [4.78, 5) is 0.926. The molecule has 2 aromatic rings. The SMILES string of the molecule is OC(c1cc(I)cc2c1OCC2)c1sccc1Br. The van der Waals surface area contributed by atoms with Crippen LogP contribution in [0.15, 0.2) is 28.1 Å². The Kier molecular flexibility index (Phi) is 3.66. The van der Waals surface area contributed by atoms with Crippen molar-refractivity contribution in [3.05, 3.63) is 47.6 Å². The maximum absolute atomic E-state index is 10.5. The van der Waals surface area contributed by atoms with Gasteiger partial charge in [-0.1, -0.05) is 0 Å². The summed E-state index contributed by atoms with van der Waals surface area (Å²) in [5.41, 5.74) is 2.07. The van der Waals surface area contributed by atoms with Crippen molar-refractivity contribution < 1.29 is 9.84 Å². The van der Waals surface area contributed by atoms with Gasteiger partial charge in [0.2, 0.25) is 0 Å². The molecule has 1 unspecified atom stereocenters. The van der Waals surface area contributed by atoms with E-state index in [1.807, 2.05) is 17.5 Å². The Balaban J connectivity index is 2.10. The Morgan fingerprint density at radius 3 is 3.00 bits per heavy atom. The van der Waals surface area contributed by atoms with Gasteiger partial charge < -0.3 is 9.84 Å². The molecular weight excluding hydrogens is 427 g/mol. The number of benzene rings is 1. The van der Waals surface area contributed by atoms with Crippen LogP contribution in [-0.4, -0.2) is 11.7 Å². The molecular formula is C13H10BrIO2S. The van der Waals surface area contributed by atoms with Gasteiger partial charge in [-0.2, -0.15) is 0 Å². The van der Waals surface area contributed by atoms with Crippen molar-refractivity contribution in [3.8, 4) is 5.75 Å². The minimum absolute atomic E-state index is 0.624. The highest BCUT2D eigenvalue weighted by Gasteiger charge is 2.24. The minimum Gasteiger partial charge on any atom is -0.493 e. The summed E-state index contributed by atoms with van der Waals surface area (Å²) in [5, 5.41) is 12.5. The van der Waals surface area contributed by atoms with Gasteiger partial charge in [-0.15, -0.1) is 11.3 Å². The zero-order valence-corrected chi connectivity index (χ0v) is 13.9. The highest BCUT2D eigenvalue weighted by Crippen LogP contribution is 2.41. The Labute approximate surface area is 131 Å². The standard InChI is InChI=1S/C13H10BrIO2S/c14-10-2-4-18-13(10)11(16)9-6-8(15)5-7-1-3-17-12(7)9/h2,4-6,11,16H,1,3H2. The molecule has 0 saturated carbocycles. The highest BCUT2D eigenvalue weighted by atomic mass is 127. The molecule has 94 valence electrons. The molecule has 0 bridgehead atoms. The lowest BCUT2D eigenvalue weighted by Crippen LogP contribution is -2.01. The molecule has 0 spiro atoms. The molecule has 18 heavy (non-hydrogen) atoms. The summed E-state index contributed by atoms with van der Waals surface area (Å²) >= 11 is 7.30. The van der Waals surface area contributed by atoms with Gasteiger partial charge in [0.15, 0.2) is 0 Å². The Morgan fingerprint density at radius 1 is 1.44 bits per heavy atom. The van der Waals surface area contributed by atoms with E-state index in [1.165, 1.54) is 5.56 Å². The van der Waals surface area contributed by atoms with Gasteiger partial charge in [0, 0.05) is 20.0 Å². The molecule has 1 aromatic carbocycles. The summed E-state index contributed by atoms with van der Waals surface area (Å²) in [7, 11) is 0. The lowest BCUT2D eigenvalue weighted by Gasteiger charge is -2.14. The van der Waals surface area contributed by atoms with E-state index in [9.17, 15) is 5.11 Å². The van der Waals surface area contributed by atoms with Crippen LogP contribution in [0.1, 0.15) is 22.1 Å². The zero-order valence-electron chi connectivity index (χ0n) is 9.32. The number of ether oxygens (including phenoxy) is 1. The number of rotatable bonds is 2. The molecule has 1 aliphatic rings. The van der Waals surface area contributed by atoms with Crippen LogP contribution in [-0.2, 0) is 6.42 Å². The second kappa shape index (κ2) is 5.11. The second-order valence-electron chi connectivity index (χ2n) is 4.12. The first-order valence-corrected chi connectivity index (χ1v) is 8.28. The number of hydrogen-bond donors (Lipinski definition) is 1. The third kappa shape index (κ3) is 2.21. The van der Waals surface area contributed by atoms with E-state index < -0.39 is 6.10 Å². The van der Waals surface area contributed by atoms with Crippen LogP contribution in [0.2, 0.25) is 0 Å². The van der Waals surface area contributed by atoms with Crippen molar-refractivity contribution in [2.45, 2.75) is 12.5 Å². The zero-order chi connectivity index (χ0) is 12.7. The number of aliphatic hydroxyl groups excluding tert-OH is 1. The van der Waals surface area contributed by atoms with E-state index in [-0.39, 0.29) is 0 Å². The number of hydrogen-bond acceptors (Lipinski definition) is 3. The van der Waals surface area contributed by atoms with Gasteiger partial charge in [0.25, 0.3) is 0 Å². The van der Waals surface area contributed by atoms with Crippen LogP contribution >= 0.6 is 49.9 Å². The fourth-order valence-corrected chi connectivity index (χ4v) is 4.45. The average Bonchev–Trinajstić information content (AvgIpc) is 2.95. The maximum Gasteiger partial charge on any atom is 0.128 e. The maximum atomic E-state index is 10.5. The largest absolute Gasteiger partial charge is 0.493 e. The number of aliphatic hydroxyl groups is 1. The lowest BCUT2D eigenvalue weighted by molar-refractivity contribution is 0.216. The highest BCUT2D eigenvalue weighted by molar-refractivity contribution is 14.1. The van der Waals surface area contributed by atoms with Gasteiger partial charge in [-0.25, -0.2) is 0 Å². The molecule has 0 fully saturated rings. The van der Waals surface area contributed by atoms with Crippen molar-refractivity contribution in [1.82, 2.24) is 0 Å². The normalized spacial score (nSPS) is 15.3. The first-order chi connectivity index (χ1) is 8.66. The van der Waals surface area contributed by atoms with E-state index in [0.29, 0.717) is 6.61 Å². The lowest BCUT2D eigenvalue weighted by atomic mass is 10.0. The smallest absolute Gasteiger partial charge is 0.128 e. The molecule has 1 N–H and O–H groups in total. The van der Waals surface area contributed by atoms with Gasteiger partial charge in [0.1, 0.15) is 11.9 Å². The van der Waals surface area contributed by atoms with Gasteiger partial charge in [-0.05, 0) is 67.7 Å². The minimum atomic E-state index is -0.624. The molecule has 1 aromatic heterocycles. The van der Waals surface area contributed by atoms with Crippen LogP contribution in [0.5, 0.6) is 5.75 Å². The summed E-state index contributed by atoms with van der Waals surface area (Å²) in [6.45, 7) is 0.709. The average molecular weight is 437 g/mol. The Bertz CT molecular complexity index is 597. The quantitative estimate of drug-likeness (QED) is 0.717. The Hall–Kier alpha value is -0.110. The molecule has 2 nitrogen and oxygen atoms in total. The molecule has 0 saturated heterocycles. The number of halogens is 2. The van der Waals surface area contributed by atoms with Crippen LogP contribution in [0.25, 0.3) is 0 Å². The summed E-state index contributed by atoms with van der Waals surface area (Å²) < 4.78 is 7.76. The number of thiophene rings is 1. The van der Waals surface area contributed by atoms with Crippen molar-refractivity contribution in [3.63, 3.8) is 0 Å². The van der Waals surface area contributed by atoms with E-state index in [1.54, 1.807) is 11.3 Å². The molecule has 2 heterocycles. The van der Waals surface area contributed by atoms with Crippen LogP contribution in [0, 0.1) is 3.57 Å². The van der Waals surface area contributed by atoms with Gasteiger partial charge >= 0.3 is 0 Å². The third-order valence-corrected chi connectivity index (χ3v) is 5.51. The van der Waals surface area contributed by atoms with Crippen LogP contribution < -0.4 is 4.74 Å². The summed E-state index contributed by atoms with van der Waals surface area (Å²) in [5.74, 6) is 0.864. The Morgan fingerprint density at radius 2 is 2.28 bits per heavy atom. The number of fused-ring (bicyclic) bond motifs is 1. The van der Waals surface area contributed by atoms with Crippen LogP contribution in [0.3, 0.4) is 0 Å². The second-order valence-corrected chi connectivity index (χ2v) is 7.16. The van der Waals surface area contributed by atoms with Gasteiger partial charge in [-0.3, -0.25) is 0 Å². The fourth-order valence-electron chi connectivity index (χ4n) is 2.14. The molecule has 1 atom stereocenters.